The van der Waals surface area contributed by atoms with Gasteiger partial charge in [-0.15, -0.1) is 0 Å². The molecule has 0 unspecified atom stereocenters. The van der Waals surface area contributed by atoms with Crippen molar-refractivity contribution in [2.75, 3.05) is 0 Å². The summed E-state index contributed by atoms with van der Waals surface area (Å²) in [5.41, 5.74) is 4.13. The third-order valence-corrected chi connectivity index (χ3v) is 5.32. The molecule has 0 saturated heterocycles. The van der Waals surface area contributed by atoms with Crippen LogP contribution < -0.4 is 5.32 Å². The van der Waals surface area contributed by atoms with Crippen LogP contribution in [0.15, 0.2) is 28.8 Å². The maximum Gasteiger partial charge on any atom is 0.274 e. The van der Waals surface area contributed by atoms with Crippen LogP contribution in [0.25, 0.3) is 0 Å². The standard InChI is InChI=1S/C19H22N2O2/c1-2-12-11-13-7-3-4-8-14(13)17(12)20-19(22)18-15-9-5-6-10-16(15)23-21-18/h3-4,7-8,12,17H,2,5-6,9-11H2,1H3,(H,20,22)/t12-,17+/m0/s1. The van der Waals surface area contributed by atoms with Gasteiger partial charge in [-0.2, -0.15) is 0 Å². The van der Waals surface area contributed by atoms with Crippen LogP contribution in [0.2, 0.25) is 0 Å². The van der Waals surface area contributed by atoms with Gasteiger partial charge in [0.15, 0.2) is 5.69 Å². The predicted molar refractivity (Wildman–Crippen MR) is 87.3 cm³/mol. The van der Waals surface area contributed by atoms with Gasteiger partial charge in [0.05, 0.1) is 6.04 Å². The van der Waals surface area contributed by atoms with Crippen molar-refractivity contribution >= 4 is 5.91 Å². The number of hydrogen-bond donors (Lipinski definition) is 1. The third-order valence-electron chi connectivity index (χ3n) is 5.32. The molecule has 1 amide bonds. The molecule has 0 bridgehead atoms. The number of amides is 1. The van der Waals surface area contributed by atoms with Gasteiger partial charge in [0.1, 0.15) is 5.76 Å². The Kier molecular flexibility index (Phi) is 3.68. The molecule has 4 heteroatoms. The Labute approximate surface area is 136 Å². The Hall–Kier alpha value is -2.10. The number of carbonyl (C=O) groups excluding carboxylic acids is 1. The first-order valence-electron chi connectivity index (χ1n) is 8.64. The molecule has 2 aromatic rings. The molecule has 0 aliphatic heterocycles. The molecule has 4 rings (SSSR count). The molecule has 0 spiro atoms. The van der Waals surface area contributed by atoms with E-state index in [1.54, 1.807) is 0 Å². The van der Waals surface area contributed by atoms with Gasteiger partial charge in [0, 0.05) is 12.0 Å². The fourth-order valence-electron chi connectivity index (χ4n) is 4.03. The highest BCUT2D eigenvalue weighted by molar-refractivity contribution is 5.94. The van der Waals surface area contributed by atoms with Crippen molar-refractivity contribution in [1.82, 2.24) is 10.5 Å². The molecule has 2 aliphatic rings. The lowest BCUT2D eigenvalue weighted by molar-refractivity contribution is 0.0914. The summed E-state index contributed by atoms with van der Waals surface area (Å²) in [5.74, 6) is 1.27. The van der Waals surface area contributed by atoms with E-state index in [0.29, 0.717) is 11.6 Å². The number of carbonyl (C=O) groups is 1. The summed E-state index contributed by atoms with van der Waals surface area (Å²) < 4.78 is 5.38. The number of nitrogens with one attached hydrogen (secondary N) is 1. The molecule has 1 heterocycles. The Bertz CT molecular complexity index is 735. The first-order valence-corrected chi connectivity index (χ1v) is 8.64. The van der Waals surface area contributed by atoms with Gasteiger partial charge >= 0.3 is 0 Å². The molecule has 120 valence electrons. The SMILES string of the molecule is CC[C@H]1Cc2ccccc2[C@@H]1NC(=O)c1noc2c1CCCC2. The Morgan fingerprint density at radius 1 is 1.30 bits per heavy atom. The van der Waals surface area contributed by atoms with Gasteiger partial charge in [-0.3, -0.25) is 4.79 Å². The van der Waals surface area contributed by atoms with E-state index >= 15 is 0 Å². The van der Waals surface area contributed by atoms with Gasteiger partial charge in [-0.1, -0.05) is 42.8 Å². The van der Waals surface area contributed by atoms with Crippen molar-refractivity contribution in [3.8, 4) is 0 Å². The maximum absolute atomic E-state index is 12.8. The van der Waals surface area contributed by atoms with Crippen LogP contribution in [0, 0.1) is 5.92 Å². The second kappa shape index (κ2) is 5.84. The van der Waals surface area contributed by atoms with E-state index in [9.17, 15) is 4.79 Å². The molecule has 23 heavy (non-hydrogen) atoms. The average Bonchev–Trinajstić information content (AvgIpc) is 3.16. The molecule has 2 aliphatic carbocycles. The lowest BCUT2D eigenvalue weighted by atomic mass is 9.95. The van der Waals surface area contributed by atoms with Crippen molar-refractivity contribution < 1.29 is 9.32 Å². The zero-order valence-electron chi connectivity index (χ0n) is 13.5. The first kappa shape index (κ1) is 14.5. The molecule has 2 atom stereocenters. The number of benzene rings is 1. The van der Waals surface area contributed by atoms with E-state index in [2.05, 4.69) is 35.6 Å². The first-order chi connectivity index (χ1) is 11.3. The fraction of sp³-hybridized carbons (Fsp3) is 0.474. The van der Waals surface area contributed by atoms with Gasteiger partial charge < -0.3 is 9.84 Å². The number of hydrogen-bond acceptors (Lipinski definition) is 3. The van der Waals surface area contributed by atoms with E-state index in [-0.39, 0.29) is 11.9 Å². The Morgan fingerprint density at radius 2 is 2.13 bits per heavy atom. The van der Waals surface area contributed by atoms with Crippen LogP contribution in [0.4, 0.5) is 0 Å². The molecule has 1 N–H and O–H groups in total. The second-order valence-electron chi connectivity index (χ2n) is 6.66. The van der Waals surface area contributed by atoms with Crippen molar-refractivity contribution in [2.45, 2.75) is 51.5 Å². The Morgan fingerprint density at radius 3 is 3.00 bits per heavy atom. The highest BCUT2D eigenvalue weighted by atomic mass is 16.5. The summed E-state index contributed by atoms with van der Waals surface area (Å²) >= 11 is 0. The molecule has 0 fully saturated rings. The lowest BCUT2D eigenvalue weighted by Gasteiger charge is -2.20. The average molecular weight is 310 g/mol. The van der Waals surface area contributed by atoms with E-state index in [0.717, 1.165) is 49.8 Å². The van der Waals surface area contributed by atoms with Crippen molar-refractivity contribution in [3.63, 3.8) is 0 Å². The smallest absolute Gasteiger partial charge is 0.274 e. The quantitative estimate of drug-likeness (QED) is 0.942. The summed E-state index contributed by atoms with van der Waals surface area (Å²) in [4.78, 5) is 12.8. The van der Waals surface area contributed by atoms with Crippen molar-refractivity contribution in [3.05, 3.63) is 52.4 Å². The van der Waals surface area contributed by atoms with Gasteiger partial charge in [0.2, 0.25) is 0 Å². The van der Waals surface area contributed by atoms with Gasteiger partial charge in [0.25, 0.3) is 5.91 Å². The summed E-state index contributed by atoms with van der Waals surface area (Å²) in [6, 6.07) is 8.51. The van der Waals surface area contributed by atoms with E-state index in [1.165, 1.54) is 11.1 Å². The minimum Gasteiger partial charge on any atom is -0.360 e. The minimum absolute atomic E-state index is 0.0830. The number of fused-ring (bicyclic) bond motifs is 2. The molecule has 1 aromatic heterocycles. The van der Waals surface area contributed by atoms with Gasteiger partial charge in [-0.05, 0) is 42.7 Å². The van der Waals surface area contributed by atoms with Crippen LogP contribution >= 0.6 is 0 Å². The minimum atomic E-state index is -0.0861. The summed E-state index contributed by atoms with van der Waals surface area (Å²) in [6.07, 6.45) is 6.13. The van der Waals surface area contributed by atoms with E-state index < -0.39 is 0 Å². The Balaban J connectivity index is 1.60. The van der Waals surface area contributed by atoms with Crippen molar-refractivity contribution in [1.29, 1.82) is 0 Å². The van der Waals surface area contributed by atoms with Crippen LogP contribution in [0.5, 0.6) is 0 Å². The van der Waals surface area contributed by atoms with Crippen molar-refractivity contribution in [2.24, 2.45) is 5.92 Å². The molecule has 4 nitrogen and oxygen atoms in total. The monoisotopic (exact) mass is 310 g/mol. The van der Waals surface area contributed by atoms with E-state index in [1.807, 2.05) is 6.07 Å². The van der Waals surface area contributed by atoms with Crippen LogP contribution in [0.3, 0.4) is 0 Å². The number of aromatic nitrogens is 1. The topological polar surface area (TPSA) is 55.1 Å². The summed E-state index contributed by atoms with van der Waals surface area (Å²) in [6.45, 7) is 2.19. The van der Waals surface area contributed by atoms with E-state index in [4.69, 9.17) is 4.52 Å². The molecule has 0 radical (unpaired) electrons. The largest absolute Gasteiger partial charge is 0.360 e. The number of aryl methyl sites for hydroxylation is 1. The highest BCUT2D eigenvalue weighted by Crippen LogP contribution is 2.38. The zero-order valence-corrected chi connectivity index (χ0v) is 13.5. The normalized spacial score (nSPS) is 22.5. The fourth-order valence-corrected chi connectivity index (χ4v) is 4.03. The summed E-state index contributed by atoms with van der Waals surface area (Å²) in [7, 11) is 0. The predicted octanol–water partition coefficient (Wildman–Crippen LogP) is 3.61. The lowest BCUT2D eigenvalue weighted by Crippen LogP contribution is -2.32. The molecule has 1 aromatic carbocycles. The number of nitrogens with zero attached hydrogens (tertiary/aromatic N) is 1. The van der Waals surface area contributed by atoms with Gasteiger partial charge in [-0.25, -0.2) is 0 Å². The molecular weight excluding hydrogens is 288 g/mol. The summed E-state index contributed by atoms with van der Waals surface area (Å²) in [5, 5.41) is 7.29. The molecular formula is C19H22N2O2. The second-order valence-corrected chi connectivity index (χ2v) is 6.66. The zero-order chi connectivity index (χ0) is 15.8. The maximum atomic E-state index is 12.8. The van der Waals surface area contributed by atoms with Crippen LogP contribution in [-0.4, -0.2) is 11.1 Å². The molecule has 0 saturated carbocycles. The van der Waals surface area contributed by atoms with Crippen LogP contribution in [0.1, 0.15) is 65.2 Å². The van der Waals surface area contributed by atoms with Crippen LogP contribution in [-0.2, 0) is 19.3 Å². The third kappa shape index (κ3) is 2.46. The highest BCUT2D eigenvalue weighted by Gasteiger charge is 2.34. The number of rotatable bonds is 3.